The molecule has 20 heavy (non-hydrogen) atoms. The molecule has 1 rings (SSSR count). The summed E-state index contributed by atoms with van der Waals surface area (Å²) >= 11 is 0. The molecule has 1 aromatic carbocycles. The number of nitrogens with zero attached hydrogens (tertiary/aromatic N) is 1. The number of hydrogen-bond donors (Lipinski definition) is 2. The van der Waals surface area contributed by atoms with Crippen LogP contribution in [0.3, 0.4) is 0 Å². The van der Waals surface area contributed by atoms with E-state index in [2.05, 4.69) is 32.6 Å². The Hall–Kier alpha value is -1.39. The van der Waals surface area contributed by atoms with E-state index in [0.717, 1.165) is 12.1 Å². The Kier molecular flexibility index (Phi) is 5.72. The zero-order valence-electron chi connectivity index (χ0n) is 13.0. The van der Waals surface area contributed by atoms with Crippen molar-refractivity contribution in [1.29, 1.82) is 0 Å². The van der Waals surface area contributed by atoms with Gasteiger partial charge in [-0.05, 0) is 25.3 Å². The van der Waals surface area contributed by atoms with Crippen molar-refractivity contribution in [1.82, 2.24) is 4.90 Å². The van der Waals surface area contributed by atoms with Crippen molar-refractivity contribution < 1.29 is 4.79 Å². The molecule has 0 spiro atoms. The second kappa shape index (κ2) is 6.86. The zero-order chi connectivity index (χ0) is 15.3. The molecular weight excluding hydrogens is 250 g/mol. The third-order valence-electron chi connectivity index (χ3n) is 3.51. The Morgan fingerprint density at radius 1 is 1.20 bits per heavy atom. The largest absolute Gasteiger partial charge is 0.368 e. The predicted octanol–water partition coefficient (Wildman–Crippen LogP) is 1.69. The van der Waals surface area contributed by atoms with Crippen molar-refractivity contribution in [3.05, 3.63) is 35.9 Å². The molecule has 1 aromatic rings. The van der Waals surface area contributed by atoms with E-state index in [-0.39, 0.29) is 0 Å². The highest BCUT2D eigenvalue weighted by molar-refractivity contribution is 5.86. The Bertz CT molecular complexity index is 431. The summed E-state index contributed by atoms with van der Waals surface area (Å²) in [5.74, 6) is 0.0170. The quantitative estimate of drug-likeness (QED) is 0.796. The summed E-state index contributed by atoms with van der Waals surface area (Å²) in [7, 11) is 0. The Morgan fingerprint density at radius 2 is 1.75 bits per heavy atom. The highest BCUT2D eigenvalue weighted by atomic mass is 16.1. The van der Waals surface area contributed by atoms with Crippen molar-refractivity contribution in [3.8, 4) is 0 Å². The first-order chi connectivity index (χ1) is 9.27. The van der Waals surface area contributed by atoms with Gasteiger partial charge in [-0.15, -0.1) is 0 Å². The minimum absolute atomic E-state index is 0.309. The van der Waals surface area contributed by atoms with Crippen LogP contribution in [0.5, 0.6) is 0 Å². The Labute approximate surface area is 122 Å². The highest BCUT2D eigenvalue weighted by Gasteiger charge is 2.36. The van der Waals surface area contributed by atoms with Crippen LogP contribution in [0.25, 0.3) is 0 Å². The van der Waals surface area contributed by atoms with Crippen LogP contribution in [0, 0.1) is 5.92 Å². The van der Waals surface area contributed by atoms with Crippen molar-refractivity contribution in [2.75, 3.05) is 13.1 Å². The fourth-order valence-corrected chi connectivity index (χ4v) is 2.29. The average Bonchev–Trinajstić information content (AvgIpc) is 2.38. The van der Waals surface area contributed by atoms with Gasteiger partial charge in [0.25, 0.3) is 0 Å². The number of carbonyl (C=O) groups is 1. The number of amides is 1. The van der Waals surface area contributed by atoms with Crippen molar-refractivity contribution in [3.63, 3.8) is 0 Å². The molecule has 0 saturated heterocycles. The fourth-order valence-electron chi connectivity index (χ4n) is 2.29. The van der Waals surface area contributed by atoms with Gasteiger partial charge in [0.2, 0.25) is 5.91 Å². The normalized spacial score (nSPS) is 14.8. The lowest BCUT2D eigenvalue weighted by atomic mass is 9.89. The van der Waals surface area contributed by atoms with E-state index < -0.39 is 11.4 Å². The number of rotatable bonds is 7. The summed E-state index contributed by atoms with van der Waals surface area (Å²) in [6, 6.07) is 9.68. The molecule has 0 bridgehead atoms. The number of hydrogen-bond acceptors (Lipinski definition) is 3. The smallest absolute Gasteiger partial charge is 0.243 e. The molecule has 112 valence electrons. The number of nitrogens with two attached hydrogens (primary N) is 2. The topological polar surface area (TPSA) is 72.3 Å². The second-order valence-corrected chi connectivity index (χ2v) is 6.12. The molecule has 0 heterocycles. The van der Waals surface area contributed by atoms with Crippen LogP contribution in [0.4, 0.5) is 0 Å². The van der Waals surface area contributed by atoms with Gasteiger partial charge in [-0.2, -0.15) is 0 Å². The first-order valence-electron chi connectivity index (χ1n) is 7.15. The molecule has 0 aliphatic carbocycles. The minimum Gasteiger partial charge on any atom is -0.368 e. The molecule has 4 nitrogen and oxygen atoms in total. The summed E-state index contributed by atoms with van der Waals surface area (Å²) in [5, 5.41) is 0. The molecule has 0 aliphatic heterocycles. The van der Waals surface area contributed by atoms with Crippen LogP contribution in [-0.2, 0) is 10.3 Å². The molecule has 4 heteroatoms. The fraction of sp³-hybridized carbons (Fsp3) is 0.562. The van der Waals surface area contributed by atoms with Crippen LogP contribution in [0.15, 0.2) is 30.3 Å². The first kappa shape index (κ1) is 16.7. The Morgan fingerprint density at radius 3 is 2.15 bits per heavy atom. The van der Waals surface area contributed by atoms with E-state index in [0.29, 0.717) is 18.5 Å². The lowest BCUT2D eigenvalue weighted by Crippen LogP contribution is -2.57. The van der Waals surface area contributed by atoms with Gasteiger partial charge < -0.3 is 11.5 Å². The van der Waals surface area contributed by atoms with Gasteiger partial charge >= 0.3 is 0 Å². The van der Waals surface area contributed by atoms with Crippen molar-refractivity contribution in [2.24, 2.45) is 17.4 Å². The van der Waals surface area contributed by atoms with E-state index in [1.165, 1.54) is 0 Å². The van der Waals surface area contributed by atoms with Gasteiger partial charge in [-0.1, -0.05) is 44.2 Å². The summed E-state index contributed by atoms with van der Waals surface area (Å²) < 4.78 is 0. The summed E-state index contributed by atoms with van der Waals surface area (Å²) in [5.41, 5.74) is 11.6. The monoisotopic (exact) mass is 277 g/mol. The first-order valence-corrected chi connectivity index (χ1v) is 7.15. The molecule has 4 N–H and O–H groups in total. The minimum atomic E-state index is -1.15. The zero-order valence-corrected chi connectivity index (χ0v) is 13.0. The van der Waals surface area contributed by atoms with Crippen molar-refractivity contribution >= 4 is 5.91 Å². The second-order valence-electron chi connectivity index (χ2n) is 6.12. The summed E-state index contributed by atoms with van der Waals surface area (Å²) in [6.45, 7) is 9.84. The van der Waals surface area contributed by atoms with Crippen LogP contribution in [0.2, 0.25) is 0 Å². The van der Waals surface area contributed by atoms with Crippen LogP contribution >= 0.6 is 0 Å². The maximum Gasteiger partial charge on any atom is 0.243 e. The molecule has 1 atom stereocenters. The number of carbonyl (C=O) groups excluding carboxylic acids is 1. The lowest BCUT2D eigenvalue weighted by molar-refractivity contribution is -0.124. The van der Waals surface area contributed by atoms with E-state index >= 15 is 0 Å². The third-order valence-corrected chi connectivity index (χ3v) is 3.51. The molecule has 0 aliphatic rings. The molecule has 1 unspecified atom stereocenters. The van der Waals surface area contributed by atoms with E-state index in [4.69, 9.17) is 11.5 Å². The SMILES string of the molecule is CC(C)CN(CC(N)(C(N)=O)c1ccccc1)C(C)C. The van der Waals surface area contributed by atoms with Gasteiger partial charge in [0.15, 0.2) is 0 Å². The maximum absolute atomic E-state index is 11.9. The number of benzene rings is 1. The summed E-state index contributed by atoms with van der Waals surface area (Å²) in [4.78, 5) is 14.1. The number of primary amides is 1. The maximum atomic E-state index is 11.9. The Balaban J connectivity index is 3.05. The molecule has 0 fully saturated rings. The summed E-state index contributed by atoms with van der Waals surface area (Å²) in [6.07, 6.45) is 0. The van der Waals surface area contributed by atoms with Gasteiger partial charge in [-0.3, -0.25) is 9.69 Å². The van der Waals surface area contributed by atoms with Crippen LogP contribution < -0.4 is 11.5 Å². The molecule has 1 amide bonds. The van der Waals surface area contributed by atoms with Gasteiger partial charge in [-0.25, -0.2) is 0 Å². The van der Waals surface area contributed by atoms with Crippen molar-refractivity contribution in [2.45, 2.75) is 39.3 Å². The average molecular weight is 277 g/mol. The van der Waals surface area contributed by atoms with Crippen LogP contribution in [0.1, 0.15) is 33.3 Å². The van der Waals surface area contributed by atoms with E-state index in [9.17, 15) is 4.79 Å². The lowest BCUT2D eigenvalue weighted by Gasteiger charge is -2.36. The van der Waals surface area contributed by atoms with Gasteiger partial charge in [0.05, 0.1) is 0 Å². The standard InChI is InChI=1S/C16H27N3O/c1-12(2)10-19(13(3)4)11-16(18,15(17)20)14-8-6-5-7-9-14/h5-9,12-13H,10-11,18H2,1-4H3,(H2,17,20). The van der Waals surface area contributed by atoms with E-state index in [1.54, 1.807) is 0 Å². The van der Waals surface area contributed by atoms with Gasteiger partial charge in [0, 0.05) is 19.1 Å². The molecule has 0 aromatic heterocycles. The molecule has 0 radical (unpaired) electrons. The predicted molar refractivity (Wildman–Crippen MR) is 83.0 cm³/mol. The molecular formula is C16H27N3O. The van der Waals surface area contributed by atoms with E-state index in [1.807, 2.05) is 30.3 Å². The van der Waals surface area contributed by atoms with Crippen LogP contribution in [-0.4, -0.2) is 29.9 Å². The third kappa shape index (κ3) is 4.05. The molecule has 0 saturated carbocycles. The van der Waals surface area contributed by atoms with Gasteiger partial charge in [0.1, 0.15) is 5.54 Å². The highest BCUT2D eigenvalue weighted by Crippen LogP contribution is 2.21.